The number of nitrogens with zero attached hydrogens (tertiary/aromatic N) is 4. The minimum absolute atomic E-state index is 0.0607. The lowest BCUT2D eigenvalue weighted by Crippen LogP contribution is -2.61. The Balaban J connectivity index is 1.15. The number of anilines is 2. The van der Waals surface area contributed by atoms with Crippen molar-refractivity contribution < 1.29 is 31.8 Å². The number of hydrogen-bond donors (Lipinski definition) is 0. The molecule has 0 bridgehead atoms. The largest absolute Gasteiger partial charge is 0.573 e. The van der Waals surface area contributed by atoms with Crippen LogP contribution in [-0.2, 0) is 6.42 Å². The molecular weight excluding hydrogens is 576 g/mol. The zero-order valence-corrected chi connectivity index (χ0v) is 24.6. The van der Waals surface area contributed by atoms with Crippen LogP contribution >= 0.6 is 0 Å². The number of aromatic nitrogens is 2. The third-order valence-electron chi connectivity index (χ3n) is 8.74. The van der Waals surface area contributed by atoms with E-state index in [9.17, 15) is 18.0 Å². The number of fused-ring (bicyclic) bond motifs is 2. The summed E-state index contributed by atoms with van der Waals surface area (Å²) in [4.78, 5) is 17.6. The molecule has 0 N–H and O–H groups in total. The quantitative estimate of drug-likeness (QED) is 0.156. The molecule has 2 aromatic heterocycles. The number of aryl methyl sites for hydroxylation is 2. The first-order valence-electron chi connectivity index (χ1n) is 14.8. The number of ketones is 1. The van der Waals surface area contributed by atoms with Crippen LogP contribution in [0.25, 0.3) is 5.52 Å². The molecule has 0 radical (unpaired) electrons. The topological polar surface area (TPSA) is 59.3 Å². The first-order valence-corrected chi connectivity index (χ1v) is 14.8. The number of pyridine rings is 1. The number of Topliss-reactive ketones (excluding diaryl/α,β-unsaturated/α-hetero) is 1. The molecule has 0 spiro atoms. The predicted octanol–water partition coefficient (Wildman–Crippen LogP) is 7.14. The lowest BCUT2D eigenvalue weighted by atomic mass is 9.85. The molecule has 2 aromatic carbocycles. The minimum Gasteiger partial charge on any atom is -0.497 e. The van der Waals surface area contributed by atoms with E-state index in [1.807, 2.05) is 12.1 Å². The van der Waals surface area contributed by atoms with E-state index in [1.165, 1.54) is 18.2 Å². The van der Waals surface area contributed by atoms with Crippen LogP contribution in [0.15, 0.2) is 60.8 Å². The van der Waals surface area contributed by atoms with Crippen molar-refractivity contribution in [1.82, 2.24) is 9.61 Å². The van der Waals surface area contributed by atoms with Crippen LogP contribution in [0.4, 0.5) is 28.9 Å². The molecule has 0 amide bonds. The molecule has 6 rings (SSSR count). The van der Waals surface area contributed by atoms with E-state index in [2.05, 4.69) is 19.6 Å². The van der Waals surface area contributed by atoms with Crippen LogP contribution in [0.5, 0.6) is 11.5 Å². The fraction of sp³-hybridized carbons (Fsp3) is 0.394. The van der Waals surface area contributed by atoms with Crippen molar-refractivity contribution in [2.45, 2.75) is 63.9 Å². The molecule has 1 aliphatic heterocycles. The van der Waals surface area contributed by atoms with E-state index in [4.69, 9.17) is 4.74 Å². The van der Waals surface area contributed by atoms with Gasteiger partial charge in [0, 0.05) is 49.5 Å². The molecule has 2 atom stereocenters. The normalized spacial score (nSPS) is 18.8. The maximum absolute atomic E-state index is 15.7. The Bertz CT molecular complexity index is 1650. The van der Waals surface area contributed by atoms with Crippen molar-refractivity contribution in [3.63, 3.8) is 0 Å². The Labute approximate surface area is 253 Å². The highest BCUT2D eigenvalue weighted by Crippen LogP contribution is 2.38. The summed E-state index contributed by atoms with van der Waals surface area (Å²) in [7, 11) is 1.57. The number of piperazine rings is 1. The van der Waals surface area contributed by atoms with Crippen molar-refractivity contribution in [3.05, 3.63) is 83.4 Å². The first kappa shape index (κ1) is 29.8. The van der Waals surface area contributed by atoms with Gasteiger partial charge in [0.05, 0.1) is 29.6 Å². The predicted molar refractivity (Wildman–Crippen MR) is 159 cm³/mol. The third-order valence-corrected chi connectivity index (χ3v) is 8.74. The zero-order chi connectivity index (χ0) is 31.0. The molecule has 7 nitrogen and oxygen atoms in total. The summed E-state index contributed by atoms with van der Waals surface area (Å²) >= 11 is 0. The van der Waals surface area contributed by atoms with E-state index in [1.54, 1.807) is 49.0 Å². The zero-order valence-electron chi connectivity index (χ0n) is 24.6. The van der Waals surface area contributed by atoms with Gasteiger partial charge in [-0.1, -0.05) is 18.9 Å². The highest BCUT2D eigenvalue weighted by Gasteiger charge is 2.39. The number of halogens is 4. The standard InChI is InChI=1S/C33H34F4N4O3/c1-21-32(30-20-25(43-2)15-16-41(30)38-21)31(42)14-8-22-7-13-27(26(34)19-22)40-18-17-39(28-5-3-4-6-29(28)40)23-9-11-24(12-10-23)44-33(35,36)37/h7,9-13,15-16,19-20,28-29H,3-6,8,14,17-18H2,1-2H3/t28-,29-/m0/s1. The van der Waals surface area contributed by atoms with Gasteiger partial charge in [-0.25, -0.2) is 8.91 Å². The highest BCUT2D eigenvalue weighted by molar-refractivity contribution is 6.03. The number of carbonyl (C=O) groups excluding carboxylic acids is 1. The maximum atomic E-state index is 15.7. The molecule has 3 heterocycles. The summed E-state index contributed by atoms with van der Waals surface area (Å²) < 4.78 is 64.5. The SMILES string of the molecule is COc1ccn2nc(C)c(C(=O)CCc3ccc(N4CCN(c5ccc(OC(F)(F)F)cc5)[C@H]5CCCC[C@@H]54)c(F)c3)c2c1. The minimum atomic E-state index is -4.74. The van der Waals surface area contributed by atoms with Gasteiger partial charge in [-0.05, 0) is 74.2 Å². The van der Waals surface area contributed by atoms with Crippen LogP contribution in [-0.4, -0.2) is 54.0 Å². The van der Waals surface area contributed by atoms with E-state index in [0.717, 1.165) is 36.9 Å². The Kier molecular flexibility index (Phi) is 8.13. The van der Waals surface area contributed by atoms with Crippen LogP contribution in [0.3, 0.4) is 0 Å². The molecule has 4 aromatic rings. The summed E-state index contributed by atoms with van der Waals surface area (Å²) in [6.45, 7) is 2.99. The number of hydrogen-bond acceptors (Lipinski definition) is 6. The molecule has 44 heavy (non-hydrogen) atoms. The Morgan fingerprint density at radius 2 is 1.66 bits per heavy atom. The molecule has 2 fully saturated rings. The van der Waals surface area contributed by atoms with Crippen LogP contribution in [0.1, 0.15) is 53.7 Å². The van der Waals surface area contributed by atoms with Crippen LogP contribution < -0.4 is 19.3 Å². The summed E-state index contributed by atoms with van der Waals surface area (Å²) in [6, 6.07) is 15.0. The molecule has 1 saturated carbocycles. The van der Waals surface area contributed by atoms with Gasteiger partial charge in [-0.15, -0.1) is 13.2 Å². The Hall–Kier alpha value is -4.28. The molecule has 0 unspecified atom stereocenters. The maximum Gasteiger partial charge on any atom is 0.573 e. The smallest absolute Gasteiger partial charge is 0.497 e. The monoisotopic (exact) mass is 610 g/mol. The van der Waals surface area contributed by atoms with E-state index in [-0.39, 0.29) is 35.9 Å². The molecule has 11 heteroatoms. The summed E-state index contributed by atoms with van der Waals surface area (Å²) in [5, 5.41) is 4.44. The number of alkyl halides is 3. The van der Waals surface area contributed by atoms with Gasteiger partial charge in [-0.2, -0.15) is 5.10 Å². The van der Waals surface area contributed by atoms with Gasteiger partial charge in [0.2, 0.25) is 0 Å². The highest BCUT2D eigenvalue weighted by atomic mass is 19.4. The van der Waals surface area contributed by atoms with Gasteiger partial charge in [-0.3, -0.25) is 4.79 Å². The van der Waals surface area contributed by atoms with Crippen molar-refractivity contribution in [2.75, 3.05) is 30.0 Å². The number of benzene rings is 2. The fourth-order valence-corrected chi connectivity index (χ4v) is 6.76. The molecule has 232 valence electrons. The van der Waals surface area contributed by atoms with Gasteiger partial charge < -0.3 is 19.3 Å². The second kappa shape index (κ2) is 12.0. The van der Waals surface area contributed by atoms with Crippen molar-refractivity contribution in [3.8, 4) is 11.5 Å². The van der Waals surface area contributed by atoms with Gasteiger partial charge in [0.1, 0.15) is 17.3 Å². The Morgan fingerprint density at radius 3 is 2.34 bits per heavy atom. The van der Waals surface area contributed by atoms with E-state index >= 15 is 4.39 Å². The lowest BCUT2D eigenvalue weighted by Gasteiger charge is -2.52. The second-order valence-electron chi connectivity index (χ2n) is 11.4. The molecule has 2 aliphatic rings. The lowest BCUT2D eigenvalue weighted by molar-refractivity contribution is -0.274. The second-order valence-corrected chi connectivity index (χ2v) is 11.4. The number of methoxy groups -OCH3 is 1. The number of carbonyl (C=O) groups is 1. The van der Waals surface area contributed by atoms with E-state index < -0.39 is 6.36 Å². The first-order chi connectivity index (χ1) is 21.1. The average molecular weight is 611 g/mol. The van der Waals surface area contributed by atoms with Crippen molar-refractivity contribution in [2.24, 2.45) is 0 Å². The van der Waals surface area contributed by atoms with Gasteiger partial charge in [0.25, 0.3) is 0 Å². The molecule has 1 saturated heterocycles. The summed E-state index contributed by atoms with van der Waals surface area (Å²) in [6.07, 6.45) is 1.51. The third kappa shape index (κ3) is 6.05. The summed E-state index contributed by atoms with van der Waals surface area (Å²) in [5.41, 5.74) is 3.97. The van der Waals surface area contributed by atoms with Crippen molar-refractivity contribution in [1.29, 1.82) is 0 Å². The Morgan fingerprint density at radius 1 is 0.955 bits per heavy atom. The van der Waals surface area contributed by atoms with Gasteiger partial charge in [0.15, 0.2) is 5.78 Å². The fourth-order valence-electron chi connectivity index (χ4n) is 6.76. The molecule has 1 aliphatic carbocycles. The number of rotatable bonds is 8. The average Bonchev–Trinajstić information content (AvgIpc) is 3.34. The molecular formula is C33H34F4N4O3. The number of ether oxygens (including phenoxy) is 2. The van der Waals surface area contributed by atoms with Gasteiger partial charge >= 0.3 is 6.36 Å². The van der Waals surface area contributed by atoms with E-state index in [0.29, 0.717) is 47.7 Å². The van der Waals surface area contributed by atoms with Crippen LogP contribution in [0, 0.1) is 12.7 Å². The van der Waals surface area contributed by atoms with Crippen LogP contribution in [0.2, 0.25) is 0 Å². The summed E-state index contributed by atoms with van der Waals surface area (Å²) in [5.74, 6) is 0.00394. The van der Waals surface area contributed by atoms with Crippen molar-refractivity contribution >= 4 is 22.7 Å².